The maximum atomic E-state index is 10.9. The van der Waals surface area contributed by atoms with E-state index in [1.165, 1.54) is 19.1 Å². The molecule has 0 radical (unpaired) electrons. The SMILES string of the molecule is Brc1ccccc1.CC(=O)c1ccccc1C(=O)O. The van der Waals surface area contributed by atoms with E-state index in [-0.39, 0.29) is 16.9 Å². The van der Waals surface area contributed by atoms with Crippen LogP contribution in [0.3, 0.4) is 0 Å². The molecule has 0 aliphatic heterocycles. The van der Waals surface area contributed by atoms with Crippen LogP contribution in [0.15, 0.2) is 59.1 Å². The third-order valence-corrected chi connectivity index (χ3v) is 2.80. The number of rotatable bonds is 2. The average molecular weight is 321 g/mol. The van der Waals surface area contributed by atoms with E-state index in [9.17, 15) is 9.59 Å². The highest BCUT2D eigenvalue weighted by Crippen LogP contribution is 2.08. The van der Waals surface area contributed by atoms with Gasteiger partial charge < -0.3 is 5.11 Å². The lowest BCUT2D eigenvalue weighted by Crippen LogP contribution is -2.05. The molecule has 0 atom stereocenters. The summed E-state index contributed by atoms with van der Waals surface area (Å²) < 4.78 is 1.13. The van der Waals surface area contributed by atoms with E-state index in [2.05, 4.69) is 15.9 Å². The fraction of sp³-hybridized carbons (Fsp3) is 0.0667. The molecule has 0 spiro atoms. The van der Waals surface area contributed by atoms with Crippen LogP contribution in [0.2, 0.25) is 0 Å². The number of benzene rings is 2. The largest absolute Gasteiger partial charge is 0.478 e. The predicted octanol–water partition coefficient (Wildman–Crippen LogP) is 4.04. The van der Waals surface area contributed by atoms with E-state index in [1.54, 1.807) is 12.1 Å². The van der Waals surface area contributed by atoms with Crippen LogP contribution in [0.5, 0.6) is 0 Å². The Balaban J connectivity index is 0.000000218. The maximum Gasteiger partial charge on any atom is 0.336 e. The van der Waals surface area contributed by atoms with Gasteiger partial charge in [-0.05, 0) is 25.1 Å². The number of halogens is 1. The minimum Gasteiger partial charge on any atom is -0.478 e. The highest BCUT2D eigenvalue weighted by Gasteiger charge is 2.11. The Morgan fingerprint density at radius 1 is 0.895 bits per heavy atom. The van der Waals surface area contributed by atoms with Crippen molar-refractivity contribution in [2.75, 3.05) is 0 Å². The first-order chi connectivity index (χ1) is 9.02. The van der Waals surface area contributed by atoms with E-state index >= 15 is 0 Å². The molecule has 1 N–H and O–H groups in total. The second kappa shape index (κ2) is 7.48. The molecule has 0 fully saturated rings. The van der Waals surface area contributed by atoms with E-state index in [1.807, 2.05) is 30.3 Å². The van der Waals surface area contributed by atoms with Crippen molar-refractivity contribution in [3.63, 3.8) is 0 Å². The molecular formula is C15H13BrO3. The van der Waals surface area contributed by atoms with Crippen LogP contribution in [0.1, 0.15) is 27.6 Å². The first-order valence-electron chi connectivity index (χ1n) is 5.56. The third kappa shape index (κ3) is 5.06. The molecule has 19 heavy (non-hydrogen) atoms. The molecule has 0 bridgehead atoms. The van der Waals surface area contributed by atoms with Crippen molar-refractivity contribution < 1.29 is 14.7 Å². The summed E-state index contributed by atoms with van der Waals surface area (Å²) in [5, 5.41) is 8.66. The second-order valence-electron chi connectivity index (χ2n) is 3.70. The summed E-state index contributed by atoms with van der Waals surface area (Å²) in [6.45, 7) is 1.35. The standard InChI is InChI=1S/C9H8O3.C6H5Br/c1-6(10)7-4-2-3-5-8(7)9(11)12;7-6-4-2-1-3-5-6/h2-5H,1H3,(H,11,12);1-5H. The van der Waals surface area contributed by atoms with Crippen LogP contribution < -0.4 is 0 Å². The zero-order chi connectivity index (χ0) is 14.3. The van der Waals surface area contributed by atoms with Crippen molar-refractivity contribution in [1.29, 1.82) is 0 Å². The molecule has 98 valence electrons. The normalized spacial score (nSPS) is 9.16. The van der Waals surface area contributed by atoms with E-state index in [4.69, 9.17) is 5.11 Å². The topological polar surface area (TPSA) is 54.4 Å². The molecule has 0 saturated heterocycles. The van der Waals surface area contributed by atoms with Gasteiger partial charge in [0, 0.05) is 10.0 Å². The predicted molar refractivity (Wildman–Crippen MR) is 77.5 cm³/mol. The van der Waals surface area contributed by atoms with Gasteiger partial charge in [-0.2, -0.15) is 0 Å². The number of carboxylic acid groups (broad SMARTS) is 1. The zero-order valence-electron chi connectivity index (χ0n) is 10.3. The van der Waals surface area contributed by atoms with Crippen LogP contribution in [-0.4, -0.2) is 16.9 Å². The third-order valence-electron chi connectivity index (χ3n) is 2.27. The number of aromatic carboxylic acids is 1. The number of hydrogen-bond donors (Lipinski definition) is 1. The lowest BCUT2D eigenvalue weighted by molar-refractivity contribution is 0.0692. The summed E-state index contributed by atoms with van der Waals surface area (Å²) in [4.78, 5) is 21.5. The fourth-order valence-corrected chi connectivity index (χ4v) is 1.70. The molecule has 0 aliphatic rings. The van der Waals surface area contributed by atoms with Crippen molar-refractivity contribution in [3.05, 3.63) is 70.2 Å². The Kier molecular flexibility index (Phi) is 5.96. The number of ketones is 1. The lowest BCUT2D eigenvalue weighted by Gasteiger charge is -1.99. The number of carbonyl (C=O) groups excluding carboxylic acids is 1. The van der Waals surface area contributed by atoms with Crippen molar-refractivity contribution in [3.8, 4) is 0 Å². The highest BCUT2D eigenvalue weighted by molar-refractivity contribution is 9.10. The summed E-state index contributed by atoms with van der Waals surface area (Å²) >= 11 is 3.31. The van der Waals surface area contributed by atoms with Gasteiger partial charge in [0.15, 0.2) is 5.78 Å². The van der Waals surface area contributed by atoms with Gasteiger partial charge in [-0.25, -0.2) is 4.79 Å². The van der Waals surface area contributed by atoms with E-state index in [0.29, 0.717) is 0 Å². The Morgan fingerprint density at radius 2 is 1.37 bits per heavy atom. The van der Waals surface area contributed by atoms with Crippen LogP contribution >= 0.6 is 15.9 Å². The number of carbonyl (C=O) groups is 2. The molecule has 0 unspecified atom stereocenters. The molecule has 3 nitrogen and oxygen atoms in total. The van der Waals surface area contributed by atoms with Crippen molar-refractivity contribution >= 4 is 27.7 Å². The molecule has 2 aromatic rings. The summed E-state index contributed by atoms with van der Waals surface area (Å²) in [6, 6.07) is 16.1. The Labute approximate surface area is 120 Å². The Hall–Kier alpha value is -1.94. The van der Waals surface area contributed by atoms with Crippen molar-refractivity contribution in [1.82, 2.24) is 0 Å². The molecule has 4 heteroatoms. The smallest absolute Gasteiger partial charge is 0.336 e. The number of carboxylic acids is 1. The quantitative estimate of drug-likeness (QED) is 0.850. The van der Waals surface area contributed by atoms with Crippen molar-refractivity contribution in [2.45, 2.75) is 6.92 Å². The molecule has 0 heterocycles. The van der Waals surface area contributed by atoms with Gasteiger partial charge >= 0.3 is 5.97 Å². The van der Waals surface area contributed by atoms with E-state index < -0.39 is 5.97 Å². The minimum atomic E-state index is -1.07. The van der Waals surface area contributed by atoms with Gasteiger partial charge in [0.05, 0.1) is 5.56 Å². The highest BCUT2D eigenvalue weighted by atomic mass is 79.9. The van der Waals surface area contributed by atoms with Gasteiger partial charge in [-0.15, -0.1) is 0 Å². The second-order valence-corrected chi connectivity index (χ2v) is 4.62. The monoisotopic (exact) mass is 320 g/mol. The van der Waals surface area contributed by atoms with Crippen LogP contribution in [0, 0.1) is 0 Å². The molecule has 0 aromatic heterocycles. The van der Waals surface area contributed by atoms with Gasteiger partial charge in [-0.3, -0.25) is 4.79 Å². The van der Waals surface area contributed by atoms with Gasteiger partial charge in [0.1, 0.15) is 0 Å². The van der Waals surface area contributed by atoms with Crippen molar-refractivity contribution in [2.24, 2.45) is 0 Å². The number of hydrogen-bond acceptors (Lipinski definition) is 2. The molecule has 2 aromatic carbocycles. The Morgan fingerprint density at radius 3 is 1.68 bits per heavy atom. The molecule has 0 amide bonds. The minimum absolute atomic E-state index is 0.0602. The first kappa shape index (κ1) is 15.1. The summed E-state index contributed by atoms with van der Waals surface area (Å²) in [5.74, 6) is -1.30. The maximum absolute atomic E-state index is 10.9. The fourth-order valence-electron chi connectivity index (χ4n) is 1.39. The number of Topliss-reactive ketones (excluding diaryl/α,β-unsaturated/α-hetero) is 1. The van der Waals surface area contributed by atoms with Crippen LogP contribution in [0.25, 0.3) is 0 Å². The van der Waals surface area contributed by atoms with Crippen LogP contribution in [-0.2, 0) is 0 Å². The average Bonchev–Trinajstić information content (AvgIpc) is 2.40. The van der Waals surface area contributed by atoms with Crippen LogP contribution in [0.4, 0.5) is 0 Å². The van der Waals surface area contributed by atoms with Gasteiger partial charge in [-0.1, -0.05) is 52.3 Å². The molecule has 0 aliphatic carbocycles. The summed E-state index contributed by atoms with van der Waals surface area (Å²) in [7, 11) is 0. The first-order valence-corrected chi connectivity index (χ1v) is 6.35. The van der Waals surface area contributed by atoms with Gasteiger partial charge in [0.25, 0.3) is 0 Å². The zero-order valence-corrected chi connectivity index (χ0v) is 11.9. The molecule has 0 saturated carbocycles. The Bertz CT molecular complexity index is 532. The molecular weight excluding hydrogens is 308 g/mol. The molecule has 2 rings (SSSR count). The van der Waals surface area contributed by atoms with Gasteiger partial charge in [0.2, 0.25) is 0 Å². The lowest BCUT2D eigenvalue weighted by atomic mass is 10.1. The van der Waals surface area contributed by atoms with E-state index in [0.717, 1.165) is 4.47 Å². The summed E-state index contributed by atoms with van der Waals surface area (Å²) in [5.41, 5.74) is 0.315. The summed E-state index contributed by atoms with van der Waals surface area (Å²) in [6.07, 6.45) is 0.